The van der Waals surface area contributed by atoms with Crippen LogP contribution in [0.3, 0.4) is 0 Å². The van der Waals surface area contributed by atoms with Crippen LogP contribution >= 0.6 is 11.6 Å². The monoisotopic (exact) mass is 254 g/mol. The topological polar surface area (TPSA) is 47.3 Å². The summed E-state index contributed by atoms with van der Waals surface area (Å²) in [5.74, 6) is 6.14. The van der Waals surface area contributed by atoms with E-state index in [1.807, 2.05) is 24.3 Å². The van der Waals surface area contributed by atoms with E-state index < -0.39 is 0 Å². The van der Waals surface area contributed by atoms with Crippen molar-refractivity contribution in [2.75, 3.05) is 6.61 Å². The maximum absolute atomic E-state index is 5.90. The summed E-state index contributed by atoms with van der Waals surface area (Å²) < 4.78 is 5.72. The van der Waals surface area contributed by atoms with Crippen LogP contribution in [0.4, 0.5) is 0 Å². The first-order valence-corrected chi connectivity index (χ1v) is 6.47. The molecule has 1 aromatic carbocycles. The molecular formula is C13H19ClN2O. The van der Waals surface area contributed by atoms with Gasteiger partial charge in [0.2, 0.25) is 0 Å². The fourth-order valence-corrected chi connectivity index (χ4v) is 2.73. The van der Waals surface area contributed by atoms with Gasteiger partial charge >= 0.3 is 0 Å². The van der Waals surface area contributed by atoms with E-state index in [4.69, 9.17) is 22.2 Å². The summed E-state index contributed by atoms with van der Waals surface area (Å²) in [4.78, 5) is 0. The molecule has 0 aliphatic carbocycles. The number of halogens is 1. The second-order valence-electron chi connectivity index (χ2n) is 4.47. The van der Waals surface area contributed by atoms with E-state index in [0.717, 1.165) is 24.5 Å². The zero-order valence-electron chi connectivity index (χ0n) is 10.0. The van der Waals surface area contributed by atoms with Gasteiger partial charge in [0.25, 0.3) is 0 Å². The van der Waals surface area contributed by atoms with E-state index >= 15 is 0 Å². The van der Waals surface area contributed by atoms with Crippen molar-refractivity contribution >= 4 is 11.6 Å². The predicted octanol–water partition coefficient (Wildman–Crippen LogP) is 2.66. The second kappa shape index (κ2) is 5.83. The Balaban J connectivity index is 2.18. The first-order valence-electron chi connectivity index (χ1n) is 6.09. The fraction of sp³-hybridized carbons (Fsp3) is 0.538. The van der Waals surface area contributed by atoms with Crippen LogP contribution in [0.2, 0.25) is 5.02 Å². The SMILES string of the molecule is CCC1OCCC1C(NN)c1ccc(Cl)cc1. The highest BCUT2D eigenvalue weighted by atomic mass is 35.5. The smallest absolute Gasteiger partial charge is 0.0620 e. The molecule has 3 N–H and O–H groups in total. The average Bonchev–Trinajstić information content (AvgIpc) is 2.81. The highest BCUT2D eigenvalue weighted by Crippen LogP contribution is 2.34. The molecular weight excluding hydrogens is 236 g/mol. The number of benzene rings is 1. The molecule has 3 nitrogen and oxygen atoms in total. The summed E-state index contributed by atoms with van der Waals surface area (Å²) in [6.07, 6.45) is 2.37. The van der Waals surface area contributed by atoms with Gasteiger partial charge in [0.1, 0.15) is 0 Å². The van der Waals surface area contributed by atoms with Gasteiger partial charge in [0.05, 0.1) is 12.1 Å². The van der Waals surface area contributed by atoms with Crippen LogP contribution < -0.4 is 11.3 Å². The Morgan fingerprint density at radius 3 is 2.76 bits per heavy atom. The lowest BCUT2D eigenvalue weighted by Crippen LogP contribution is -2.36. The lowest BCUT2D eigenvalue weighted by Gasteiger charge is -2.26. The molecule has 0 radical (unpaired) electrons. The molecule has 3 atom stereocenters. The minimum atomic E-state index is 0.139. The first-order chi connectivity index (χ1) is 8.26. The molecule has 4 heteroatoms. The first kappa shape index (κ1) is 12.8. The van der Waals surface area contributed by atoms with Crippen LogP contribution in [0, 0.1) is 5.92 Å². The normalized spacial score (nSPS) is 26.1. The number of hydrazine groups is 1. The number of hydrogen-bond donors (Lipinski definition) is 2. The van der Waals surface area contributed by atoms with E-state index in [2.05, 4.69) is 12.3 Å². The molecule has 1 saturated heterocycles. The molecule has 0 spiro atoms. The molecule has 1 heterocycles. The zero-order chi connectivity index (χ0) is 12.3. The Morgan fingerprint density at radius 2 is 2.18 bits per heavy atom. The second-order valence-corrected chi connectivity index (χ2v) is 4.90. The third kappa shape index (κ3) is 2.80. The van der Waals surface area contributed by atoms with Gasteiger partial charge in [-0.25, -0.2) is 0 Å². The Kier molecular flexibility index (Phi) is 4.40. The highest BCUT2D eigenvalue weighted by molar-refractivity contribution is 6.30. The van der Waals surface area contributed by atoms with Crippen molar-refractivity contribution in [2.24, 2.45) is 11.8 Å². The van der Waals surface area contributed by atoms with Crippen molar-refractivity contribution in [3.8, 4) is 0 Å². The van der Waals surface area contributed by atoms with Gasteiger partial charge in [-0.1, -0.05) is 30.7 Å². The molecule has 1 fully saturated rings. The Labute approximate surface area is 107 Å². The number of nitrogens with two attached hydrogens (primary N) is 1. The van der Waals surface area contributed by atoms with E-state index in [-0.39, 0.29) is 6.04 Å². The summed E-state index contributed by atoms with van der Waals surface area (Å²) in [6.45, 7) is 2.98. The van der Waals surface area contributed by atoms with Crippen molar-refractivity contribution in [2.45, 2.75) is 31.9 Å². The van der Waals surface area contributed by atoms with Crippen molar-refractivity contribution < 1.29 is 4.74 Å². The minimum Gasteiger partial charge on any atom is -0.378 e. The largest absolute Gasteiger partial charge is 0.378 e. The number of nitrogens with one attached hydrogen (secondary N) is 1. The fourth-order valence-electron chi connectivity index (χ4n) is 2.60. The number of rotatable bonds is 4. The third-order valence-corrected chi connectivity index (χ3v) is 3.75. The van der Waals surface area contributed by atoms with Crippen molar-refractivity contribution in [3.05, 3.63) is 34.9 Å². The quantitative estimate of drug-likeness (QED) is 0.642. The maximum Gasteiger partial charge on any atom is 0.0620 e. The molecule has 3 unspecified atom stereocenters. The molecule has 17 heavy (non-hydrogen) atoms. The van der Waals surface area contributed by atoms with Gasteiger partial charge < -0.3 is 4.74 Å². The highest BCUT2D eigenvalue weighted by Gasteiger charge is 2.33. The molecule has 0 aromatic heterocycles. The molecule has 0 amide bonds. The molecule has 1 aromatic rings. The maximum atomic E-state index is 5.90. The standard InChI is InChI=1S/C13H19ClN2O/c1-2-12-11(7-8-17-12)13(16-15)9-3-5-10(14)6-4-9/h3-6,11-13,16H,2,7-8,15H2,1H3. The lowest BCUT2D eigenvalue weighted by molar-refractivity contribution is 0.0774. The van der Waals surface area contributed by atoms with Gasteiger partial charge in [0, 0.05) is 17.5 Å². The van der Waals surface area contributed by atoms with Crippen LogP contribution in [0.5, 0.6) is 0 Å². The summed E-state index contributed by atoms with van der Waals surface area (Å²) in [5, 5.41) is 0.749. The van der Waals surface area contributed by atoms with E-state index in [1.54, 1.807) is 0 Å². The van der Waals surface area contributed by atoms with Crippen molar-refractivity contribution in [1.82, 2.24) is 5.43 Å². The molecule has 1 aliphatic rings. The van der Waals surface area contributed by atoms with Crippen LogP contribution in [-0.4, -0.2) is 12.7 Å². The van der Waals surface area contributed by atoms with Crippen molar-refractivity contribution in [1.29, 1.82) is 0 Å². The van der Waals surface area contributed by atoms with Gasteiger partial charge in [-0.2, -0.15) is 0 Å². The van der Waals surface area contributed by atoms with E-state index in [0.29, 0.717) is 12.0 Å². The number of hydrogen-bond acceptors (Lipinski definition) is 3. The van der Waals surface area contributed by atoms with Crippen LogP contribution in [-0.2, 0) is 4.74 Å². The molecule has 1 aliphatic heterocycles. The summed E-state index contributed by atoms with van der Waals surface area (Å²) in [6, 6.07) is 7.99. The van der Waals surface area contributed by atoms with Gasteiger partial charge in [-0.3, -0.25) is 11.3 Å². The van der Waals surface area contributed by atoms with Crippen LogP contribution in [0.25, 0.3) is 0 Å². The Morgan fingerprint density at radius 1 is 1.47 bits per heavy atom. The number of ether oxygens (including phenoxy) is 1. The molecule has 2 rings (SSSR count). The van der Waals surface area contributed by atoms with Crippen LogP contribution in [0.15, 0.2) is 24.3 Å². The zero-order valence-corrected chi connectivity index (χ0v) is 10.8. The molecule has 0 bridgehead atoms. The van der Waals surface area contributed by atoms with Gasteiger partial charge in [-0.05, 0) is 30.5 Å². The summed E-state index contributed by atoms with van der Waals surface area (Å²) in [7, 11) is 0. The predicted molar refractivity (Wildman–Crippen MR) is 69.7 cm³/mol. The average molecular weight is 255 g/mol. The van der Waals surface area contributed by atoms with Crippen molar-refractivity contribution in [3.63, 3.8) is 0 Å². The van der Waals surface area contributed by atoms with Gasteiger partial charge in [0.15, 0.2) is 0 Å². The summed E-state index contributed by atoms with van der Waals surface area (Å²) >= 11 is 5.90. The van der Waals surface area contributed by atoms with E-state index in [9.17, 15) is 0 Å². The van der Waals surface area contributed by atoms with Gasteiger partial charge in [-0.15, -0.1) is 0 Å². The third-order valence-electron chi connectivity index (χ3n) is 3.50. The van der Waals surface area contributed by atoms with Crippen LogP contribution in [0.1, 0.15) is 31.4 Å². The molecule has 94 valence electrons. The Bertz CT molecular complexity index is 355. The minimum absolute atomic E-state index is 0.139. The Hall–Kier alpha value is -0.610. The van der Waals surface area contributed by atoms with E-state index in [1.165, 1.54) is 5.56 Å². The lowest BCUT2D eigenvalue weighted by atomic mass is 9.87. The molecule has 0 saturated carbocycles. The summed E-state index contributed by atoms with van der Waals surface area (Å²) in [5.41, 5.74) is 4.09.